The number of carbonyl (C=O) groups is 1. The van der Waals surface area contributed by atoms with Crippen LogP contribution >= 0.6 is 7.14 Å². The first-order chi connectivity index (χ1) is 8.85. The van der Waals surface area contributed by atoms with Crippen molar-refractivity contribution in [1.29, 1.82) is 0 Å². The fraction of sp³-hybridized carbons (Fsp3) is 0.933. The zero-order chi connectivity index (χ0) is 16.0. The second kappa shape index (κ2) is 7.91. The lowest BCUT2D eigenvalue weighted by Crippen LogP contribution is -2.40. The highest BCUT2D eigenvalue weighted by molar-refractivity contribution is 7.63. The molecule has 0 unspecified atom stereocenters. The van der Waals surface area contributed by atoms with E-state index >= 15 is 0 Å². The first kappa shape index (κ1) is 20.1. The molecule has 0 spiro atoms. The van der Waals surface area contributed by atoms with Gasteiger partial charge in [0.25, 0.3) is 0 Å². The molecule has 0 N–H and O–H groups in total. The van der Waals surface area contributed by atoms with Crippen molar-refractivity contribution in [3.05, 3.63) is 0 Å². The molecular weight excluding hydrogens is 287 g/mol. The molecule has 0 atom stereocenters. The lowest BCUT2D eigenvalue weighted by Gasteiger charge is -2.36. The second-order valence-corrected chi connectivity index (χ2v) is 16.0. The van der Waals surface area contributed by atoms with E-state index in [1.165, 1.54) is 0 Å². The second-order valence-electron chi connectivity index (χ2n) is 7.69. The highest BCUT2D eigenvalue weighted by Crippen LogP contribution is 2.37. The van der Waals surface area contributed by atoms with Crippen LogP contribution in [0.15, 0.2) is 0 Å². The van der Waals surface area contributed by atoms with Crippen LogP contribution in [-0.4, -0.2) is 40.2 Å². The van der Waals surface area contributed by atoms with Gasteiger partial charge in [-0.1, -0.05) is 27.2 Å². The molecule has 0 saturated carbocycles. The van der Waals surface area contributed by atoms with Gasteiger partial charge in [-0.15, -0.1) is 0 Å². The lowest BCUT2D eigenvalue weighted by atomic mass is 10.1. The molecule has 0 aromatic carbocycles. The number of rotatable bonds is 9. The first-order valence-electron chi connectivity index (χ1n) is 7.55. The number of Topliss-reactive ketones (excluding diaryl/α,β-unsaturated/α-hetero) is 1. The Kier molecular flexibility index (Phi) is 7.94. The van der Waals surface area contributed by atoms with Crippen LogP contribution in [0.2, 0.25) is 18.1 Å². The number of carbonyl (C=O) groups excluding carboxylic acids is 1. The van der Waals surface area contributed by atoms with Crippen molar-refractivity contribution in [1.82, 2.24) is 0 Å². The Morgan fingerprint density at radius 1 is 1.10 bits per heavy atom. The average molecular weight is 320 g/mol. The van der Waals surface area contributed by atoms with E-state index in [0.29, 0.717) is 6.42 Å². The van der Waals surface area contributed by atoms with Crippen molar-refractivity contribution in [3.8, 4) is 0 Å². The Hall–Kier alpha value is 0.0769. The molecule has 0 radical (unpaired) electrons. The summed E-state index contributed by atoms with van der Waals surface area (Å²) >= 11 is 0. The van der Waals surface area contributed by atoms with Gasteiger partial charge < -0.3 is 8.99 Å². The molecule has 0 aliphatic heterocycles. The van der Waals surface area contributed by atoms with Gasteiger partial charge in [0.1, 0.15) is 5.78 Å². The van der Waals surface area contributed by atoms with Crippen molar-refractivity contribution >= 4 is 21.2 Å². The number of hydrogen-bond donors (Lipinski definition) is 0. The highest BCUT2D eigenvalue weighted by atomic mass is 31.2. The molecule has 0 heterocycles. The molecule has 120 valence electrons. The van der Waals surface area contributed by atoms with E-state index in [2.05, 4.69) is 33.9 Å². The third kappa shape index (κ3) is 9.09. The van der Waals surface area contributed by atoms with Gasteiger partial charge in [-0.25, -0.2) is 0 Å². The molecule has 0 aromatic heterocycles. The Labute approximate surface area is 126 Å². The summed E-state index contributed by atoms with van der Waals surface area (Å²) in [6.45, 7) is 15.4. The smallest absolute Gasteiger partial charge is 0.191 e. The summed E-state index contributed by atoms with van der Waals surface area (Å²) in [4.78, 5) is 11.6. The van der Waals surface area contributed by atoms with Gasteiger partial charge in [0.15, 0.2) is 8.32 Å². The number of unbranched alkanes of at least 4 members (excludes halogenated alkanes) is 2. The monoisotopic (exact) mass is 320 g/mol. The van der Waals surface area contributed by atoms with E-state index in [0.717, 1.165) is 25.9 Å². The van der Waals surface area contributed by atoms with Gasteiger partial charge in [-0.2, -0.15) is 0 Å². The molecule has 0 bridgehead atoms. The van der Waals surface area contributed by atoms with Crippen molar-refractivity contribution in [2.45, 2.75) is 64.6 Å². The molecule has 0 aliphatic rings. The Morgan fingerprint density at radius 3 is 2.10 bits per heavy atom. The Morgan fingerprint density at radius 2 is 1.65 bits per heavy atom. The Bertz CT molecular complexity index is 353. The van der Waals surface area contributed by atoms with Gasteiger partial charge in [0.05, 0.1) is 13.3 Å². The SMILES string of the molecule is CC(C)(C)[Si](C)(C)OCCCCCC(=O)CP(C)(C)=O. The minimum Gasteiger partial charge on any atom is -0.417 e. The van der Waals surface area contributed by atoms with E-state index in [4.69, 9.17) is 4.43 Å². The van der Waals surface area contributed by atoms with E-state index in [1.54, 1.807) is 13.3 Å². The molecule has 20 heavy (non-hydrogen) atoms. The fourth-order valence-electron chi connectivity index (χ4n) is 1.65. The molecule has 0 amide bonds. The minimum atomic E-state index is -2.19. The summed E-state index contributed by atoms with van der Waals surface area (Å²) in [5.74, 6) is 0.142. The summed E-state index contributed by atoms with van der Waals surface area (Å²) in [5, 5.41) is 0.256. The quantitative estimate of drug-likeness (QED) is 0.349. The molecule has 5 heteroatoms. The molecule has 3 nitrogen and oxygen atoms in total. The minimum absolute atomic E-state index is 0.142. The summed E-state index contributed by atoms with van der Waals surface area (Å²) in [6, 6.07) is 0. The van der Waals surface area contributed by atoms with Crippen LogP contribution in [-0.2, 0) is 13.8 Å². The van der Waals surface area contributed by atoms with E-state index in [9.17, 15) is 9.36 Å². The third-order valence-corrected chi connectivity index (χ3v) is 9.58. The van der Waals surface area contributed by atoms with Crippen LogP contribution in [0, 0.1) is 0 Å². The zero-order valence-corrected chi connectivity index (χ0v) is 16.3. The summed E-state index contributed by atoms with van der Waals surface area (Å²) in [6.07, 6.45) is 3.73. The maximum absolute atomic E-state index is 11.6. The topological polar surface area (TPSA) is 43.4 Å². The Balaban J connectivity index is 3.74. The highest BCUT2D eigenvalue weighted by Gasteiger charge is 2.36. The predicted octanol–water partition coefficient (Wildman–Crippen LogP) is 4.76. The van der Waals surface area contributed by atoms with E-state index in [-0.39, 0.29) is 17.0 Å². The normalized spacial score (nSPS) is 13.6. The molecule has 0 fully saturated rings. The van der Waals surface area contributed by atoms with Gasteiger partial charge >= 0.3 is 0 Å². The van der Waals surface area contributed by atoms with Gasteiger partial charge in [0, 0.05) is 13.0 Å². The standard InChI is InChI=1S/C15H33O3PSi/c1-15(2,3)20(6,7)18-12-10-8-9-11-14(16)13-19(4,5)17/h8-13H2,1-7H3. The van der Waals surface area contributed by atoms with Crippen molar-refractivity contribution in [2.75, 3.05) is 26.1 Å². The number of ketones is 1. The average Bonchev–Trinajstić information content (AvgIpc) is 2.18. The predicted molar refractivity (Wildman–Crippen MR) is 90.9 cm³/mol. The molecule has 0 rings (SSSR count). The van der Waals surface area contributed by atoms with E-state index < -0.39 is 15.5 Å². The molecular formula is C15H33O3PSi. The van der Waals surface area contributed by atoms with Crippen LogP contribution in [0.25, 0.3) is 0 Å². The largest absolute Gasteiger partial charge is 0.417 e. The van der Waals surface area contributed by atoms with Gasteiger partial charge in [-0.3, -0.25) is 4.79 Å². The maximum atomic E-state index is 11.6. The molecule has 0 saturated heterocycles. The van der Waals surface area contributed by atoms with Crippen molar-refractivity contribution in [3.63, 3.8) is 0 Å². The fourth-order valence-corrected chi connectivity index (χ4v) is 3.74. The van der Waals surface area contributed by atoms with Crippen molar-refractivity contribution in [2.24, 2.45) is 0 Å². The third-order valence-electron chi connectivity index (χ3n) is 3.93. The summed E-state index contributed by atoms with van der Waals surface area (Å²) in [5.41, 5.74) is 0. The van der Waals surface area contributed by atoms with Gasteiger partial charge in [0.2, 0.25) is 0 Å². The van der Waals surface area contributed by atoms with Crippen LogP contribution in [0.3, 0.4) is 0 Å². The van der Waals surface area contributed by atoms with Crippen LogP contribution in [0.5, 0.6) is 0 Å². The zero-order valence-electron chi connectivity index (χ0n) is 14.4. The summed E-state index contributed by atoms with van der Waals surface area (Å²) in [7, 11) is -3.82. The first-order valence-corrected chi connectivity index (χ1v) is 13.2. The van der Waals surface area contributed by atoms with Crippen LogP contribution in [0.1, 0.15) is 46.5 Å². The van der Waals surface area contributed by atoms with E-state index in [1.807, 2.05) is 0 Å². The molecule has 0 aromatic rings. The van der Waals surface area contributed by atoms with Crippen molar-refractivity contribution < 1.29 is 13.8 Å². The van der Waals surface area contributed by atoms with Gasteiger partial charge in [-0.05, 0) is 44.3 Å². The summed E-state index contributed by atoms with van der Waals surface area (Å²) < 4.78 is 17.6. The lowest BCUT2D eigenvalue weighted by molar-refractivity contribution is -0.116. The molecule has 0 aliphatic carbocycles. The van der Waals surface area contributed by atoms with Crippen LogP contribution < -0.4 is 0 Å². The maximum Gasteiger partial charge on any atom is 0.191 e. The number of hydrogen-bond acceptors (Lipinski definition) is 3. The van der Waals surface area contributed by atoms with Crippen LogP contribution in [0.4, 0.5) is 0 Å².